The monoisotopic (exact) mass is 336 g/mol. The average Bonchev–Trinajstić information content (AvgIpc) is 3.23. The summed E-state index contributed by atoms with van der Waals surface area (Å²) in [7, 11) is 0. The molecule has 0 bridgehead atoms. The van der Waals surface area contributed by atoms with E-state index in [0.29, 0.717) is 11.6 Å². The third-order valence-electron chi connectivity index (χ3n) is 4.88. The Morgan fingerprint density at radius 2 is 2.04 bits per heavy atom. The van der Waals surface area contributed by atoms with E-state index in [-0.39, 0.29) is 24.6 Å². The SMILES string of the molecule is C=C[C@H]1O[C@@H]2OC3(CCCC3)O[C@@H]2[C@H]1OCc1ccccc1Cl. The minimum absolute atomic E-state index is 0.210. The zero-order valence-electron chi connectivity index (χ0n) is 12.9. The molecular formula is C18H21ClO4. The molecule has 1 spiro atoms. The van der Waals surface area contributed by atoms with E-state index in [1.54, 1.807) is 6.08 Å². The van der Waals surface area contributed by atoms with Gasteiger partial charge in [0, 0.05) is 17.9 Å². The summed E-state index contributed by atoms with van der Waals surface area (Å²) < 4.78 is 24.4. The zero-order valence-corrected chi connectivity index (χ0v) is 13.7. The predicted octanol–water partition coefficient (Wildman–Crippen LogP) is 3.82. The number of fused-ring (bicyclic) bond motifs is 1. The molecule has 23 heavy (non-hydrogen) atoms. The highest BCUT2D eigenvalue weighted by molar-refractivity contribution is 6.31. The Morgan fingerprint density at radius 3 is 2.78 bits per heavy atom. The Morgan fingerprint density at radius 1 is 1.26 bits per heavy atom. The topological polar surface area (TPSA) is 36.9 Å². The smallest absolute Gasteiger partial charge is 0.190 e. The Labute approximate surface area is 141 Å². The van der Waals surface area contributed by atoms with Gasteiger partial charge in [-0.3, -0.25) is 0 Å². The van der Waals surface area contributed by atoms with E-state index in [4.69, 9.17) is 30.5 Å². The maximum Gasteiger partial charge on any atom is 0.190 e. The highest BCUT2D eigenvalue weighted by Gasteiger charge is 2.58. The third-order valence-corrected chi connectivity index (χ3v) is 5.24. The molecule has 4 rings (SSSR count). The first kappa shape index (κ1) is 15.6. The van der Waals surface area contributed by atoms with Gasteiger partial charge in [-0.25, -0.2) is 0 Å². The summed E-state index contributed by atoms with van der Waals surface area (Å²) in [5.41, 5.74) is 0.954. The van der Waals surface area contributed by atoms with Crippen molar-refractivity contribution in [2.75, 3.05) is 0 Å². The first-order valence-corrected chi connectivity index (χ1v) is 8.57. The number of ether oxygens (including phenoxy) is 4. The summed E-state index contributed by atoms with van der Waals surface area (Å²) in [5, 5.41) is 0.703. The molecule has 3 aliphatic rings. The van der Waals surface area contributed by atoms with Crippen LogP contribution in [-0.4, -0.2) is 30.4 Å². The van der Waals surface area contributed by atoms with Crippen molar-refractivity contribution in [2.24, 2.45) is 0 Å². The molecule has 0 N–H and O–H groups in total. The van der Waals surface area contributed by atoms with E-state index < -0.39 is 5.79 Å². The van der Waals surface area contributed by atoms with Crippen molar-refractivity contribution in [1.82, 2.24) is 0 Å². The number of rotatable bonds is 4. The van der Waals surface area contributed by atoms with Gasteiger partial charge in [-0.2, -0.15) is 0 Å². The summed E-state index contributed by atoms with van der Waals surface area (Å²) in [6, 6.07) is 7.68. The fraction of sp³-hybridized carbons (Fsp3) is 0.556. The van der Waals surface area contributed by atoms with Crippen molar-refractivity contribution in [2.45, 2.75) is 62.7 Å². The van der Waals surface area contributed by atoms with Gasteiger partial charge in [0.15, 0.2) is 12.1 Å². The highest BCUT2D eigenvalue weighted by atomic mass is 35.5. The summed E-state index contributed by atoms with van der Waals surface area (Å²) in [6.07, 6.45) is 4.85. The standard InChI is InChI=1S/C18H21ClO4/c1-2-14-15(20-11-12-7-3-4-8-13(12)19)16-17(21-14)23-18(22-16)9-5-6-10-18/h2-4,7-8,14-17H,1,5-6,9-11H2/t14-,15+,16-,17-/m1/s1. The van der Waals surface area contributed by atoms with E-state index in [9.17, 15) is 0 Å². The molecule has 1 saturated carbocycles. The van der Waals surface area contributed by atoms with E-state index in [0.717, 1.165) is 31.2 Å². The van der Waals surface area contributed by atoms with E-state index in [2.05, 4.69) is 6.58 Å². The molecule has 4 nitrogen and oxygen atoms in total. The van der Waals surface area contributed by atoms with Crippen molar-refractivity contribution in [1.29, 1.82) is 0 Å². The van der Waals surface area contributed by atoms with Crippen LogP contribution in [0.5, 0.6) is 0 Å². The average molecular weight is 337 g/mol. The van der Waals surface area contributed by atoms with Gasteiger partial charge < -0.3 is 18.9 Å². The molecule has 0 aromatic heterocycles. The van der Waals surface area contributed by atoms with Gasteiger partial charge in [-0.05, 0) is 24.5 Å². The lowest BCUT2D eigenvalue weighted by molar-refractivity contribution is -0.228. The van der Waals surface area contributed by atoms with Crippen molar-refractivity contribution in [3.05, 3.63) is 47.5 Å². The van der Waals surface area contributed by atoms with Gasteiger partial charge in [-0.15, -0.1) is 6.58 Å². The van der Waals surface area contributed by atoms with Crippen molar-refractivity contribution >= 4 is 11.6 Å². The van der Waals surface area contributed by atoms with Crippen LogP contribution >= 0.6 is 11.6 Å². The van der Waals surface area contributed by atoms with Crippen LogP contribution in [0.15, 0.2) is 36.9 Å². The number of hydrogen-bond acceptors (Lipinski definition) is 4. The Kier molecular flexibility index (Phi) is 4.20. The largest absolute Gasteiger partial charge is 0.367 e. The summed E-state index contributed by atoms with van der Waals surface area (Å²) in [4.78, 5) is 0. The molecule has 1 aromatic rings. The second kappa shape index (κ2) is 6.19. The molecule has 1 aliphatic carbocycles. The molecule has 4 atom stereocenters. The minimum Gasteiger partial charge on any atom is -0.367 e. The molecule has 2 saturated heterocycles. The first-order valence-electron chi connectivity index (χ1n) is 8.19. The highest BCUT2D eigenvalue weighted by Crippen LogP contribution is 2.46. The first-order chi connectivity index (χ1) is 11.2. The van der Waals surface area contributed by atoms with Crippen LogP contribution in [0.3, 0.4) is 0 Å². The predicted molar refractivity (Wildman–Crippen MR) is 86.0 cm³/mol. The molecule has 1 aromatic carbocycles. The van der Waals surface area contributed by atoms with Crippen molar-refractivity contribution in [3.8, 4) is 0 Å². The van der Waals surface area contributed by atoms with Gasteiger partial charge in [0.25, 0.3) is 0 Å². The lowest BCUT2D eigenvalue weighted by Gasteiger charge is -2.27. The quantitative estimate of drug-likeness (QED) is 0.783. The number of halogens is 1. The van der Waals surface area contributed by atoms with Crippen molar-refractivity contribution < 1.29 is 18.9 Å². The van der Waals surface area contributed by atoms with Gasteiger partial charge in [-0.1, -0.05) is 35.9 Å². The lowest BCUT2D eigenvalue weighted by atomic mass is 10.1. The van der Waals surface area contributed by atoms with Crippen LogP contribution in [-0.2, 0) is 25.6 Å². The second-order valence-electron chi connectivity index (χ2n) is 6.39. The van der Waals surface area contributed by atoms with Crippen LogP contribution in [0.2, 0.25) is 5.02 Å². The van der Waals surface area contributed by atoms with Crippen LogP contribution in [0, 0.1) is 0 Å². The van der Waals surface area contributed by atoms with Gasteiger partial charge in [0.1, 0.15) is 18.3 Å². The third kappa shape index (κ3) is 2.83. The fourth-order valence-corrected chi connectivity index (χ4v) is 3.88. The molecule has 3 fully saturated rings. The Balaban J connectivity index is 1.47. The maximum atomic E-state index is 6.24. The second-order valence-corrected chi connectivity index (χ2v) is 6.80. The molecular weight excluding hydrogens is 316 g/mol. The number of benzene rings is 1. The zero-order chi connectivity index (χ0) is 15.9. The van der Waals surface area contributed by atoms with Crippen LogP contribution in [0.1, 0.15) is 31.2 Å². The summed E-state index contributed by atoms with van der Waals surface area (Å²) >= 11 is 6.20. The molecule has 2 heterocycles. The van der Waals surface area contributed by atoms with E-state index in [1.807, 2.05) is 24.3 Å². The number of hydrogen-bond donors (Lipinski definition) is 0. The van der Waals surface area contributed by atoms with Crippen LogP contribution in [0.4, 0.5) is 0 Å². The van der Waals surface area contributed by atoms with E-state index in [1.165, 1.54) is 0 Å². The molecule has 2 aliphatic heterocycles. The molecule has 0 unspecified atom stereocenters. The fourth-order valence-electron chi connectivity index (χ4n) is 3.69. The van der Waals surface area contributed by atoms with Crippen LogP contribution in [0.25, 0.3) is 0 Å². The van der Waals surface area contributed by atoms with E-state index >= 15 is 0 Å². The lowest BCUT2D eigenvalue weighted by Crippen LogP contribution is -2.37. The summed E-state index contributed by atoms with van der Waals surface area (Å²) in [6.45, 7) is 4.25. The van der Waals surface area contributed by atoms with Gasteiger partial charge >= 0.3 is 0 Å². The molecule has 0 amide bonds. The van der Waals surface area contributed by atoms with Crippen LogP contribution < -0.4 is 0 Å². The molecule has 124 valence electrons. The summed E-state index contributed by atoms with van der Waals surface area (Å²) in [5.74, 6) is -0.465. The van der Waals surface area contributed by atoms with Gasteiger partial charge in [0.05, 0.1) is 6.61 Å². The Hall–Kier alpha value is -0.910. The van der Waals surface area contributed by atoms with Gasteiger partial charge in [0.2, 0.25) is 0 Å². The minimum atomic E-state index is -0.465. The normalized spacial score (nSPS) is 34.8. The molecule has 0 radical (unpaired) electrons. The Bertz CT molecular complexity index is 584. The van der Waals surface area contributed by atoms with Crippen molar-refractivity contribution in [3.63, 3.8) is 0 Å². The maximum absolute atomic E-state index is 6.24. The molecule has 5 heteroatoms.